The van der Waals surface area contributed by atoms with Crippen LogP contribution in [0.15, 0.2) is 35.3 Å². The molecular formula is C14H16ClN3O3. The normalized spacial score (nSPS) is 10.6. The molecule has 3 N–H and O–H groups in total. The lowest BCUT2D eigenvalue weighted by atomic mass is 10.1. The number of phenolic OH excluding ortho intramolecular Hbond substituents is 1. The largest absolute Gasteiger partial charge is 0.508 e. The van der Waals surface area contributed by atoms with E-state index in [9.17, 15) is 9.90 Å². The number of benzene rings is 1. The van der Waals surface area contributed by atoms with Gasteiger partial charge in [0.25, 0.3) is 5.56 Å². The van der Waals surface area contributed by atoms with Crippen molar-refractivity contribution >= 4 is 17.3 Å². The molecule has 0 fully saturated rings. The SMILES string of the molecule is O=c1c(Cl)c(NCCc2ccc(O)cc2)cnn1CCO. The molecule has 0 atom stereocenters. The molecule has 2 aromatic rings. The number of aliphatic hydroxyl groups excluding tert-OH is 1. The summed E-state index contributed by atoms with van der Waals surface area (Å²) in [6, 6.07) is 6.91. The summed E-state index contributed by atoms with van der Waals surface area (Å²) >= 11 is 5.99. The fourth-order valence-corrected chi connectivity index (χ4v) is 2.06. The fraction of sp³-hybridized carbons (Fsp3) is 0.286. The summed E-state index contributed by atoms with van der Waals surface area (Å²) in [5, 5.41) is 25.1. The lowest BCUT2D eigenvalue weighted by molar-refractivity contribution is 0.266. The van der Waals surface area contributed by atoms with E-state index in [0.29, 0.717) is 12.2 Å². The van der Waals surface area contributed by atoms with E-state index in [0.717, 1.165) is 16.7 Å². The Labute approximate surface area is 126 Å². The minimum absolute atomic E-state index is 0.0594. The van der Waals surface area contributed by atoms with E-state index < -0.39 is 5.56 Å². The van der Waals surface area contributed by atoms with Crippen molar-refractivity contribution in [2.75, 3.05) is 18.5 Å². The van der Waals surface area contributed by atoms with E-state index in [-0.39, 0.29) is 23.9 Å². The Hall–Kier alpha value is -2.05. The maximum atomic E-state index is 11.8. The van der Waals surface area contributed by atoms with E-state index in [1.807, 2.05) is 12.1 Å². The number of phenols is 1. The Morgan fingerprint density at radius 1 is 1.29 bits per heavy atom. The number of rotatable bonds is 6. The van der Waals surface area contributed by atoms with Crippen molar-refractivity contribution in [3.05, 3.63) is 51.4 Å². The van der Waals surface area contributed by atoms with Gasteiger partial charge in [0.1, 0.15) is 10.8 Å². The predicted molar refractivity (Wildman–Crippen MR) is 80.9 cm³/mol. The summed E-state index contributed by atoms with van der Waals surface area (Å²) in [4.78, 5) is 11.8. The van der Waals surface area contributed by atoms with Crippen molar-refractivity contribution in [1.29, 1.82) is 0 Å². The zero-order chi connectivity index (χ0) is 15.2. The topological polar surface area (TPSA) is 87.4 Å². The van der Waals surface area contributed by atoms with Gasteiger partial charge in [0.2, 0.25) is 0 Å². The second kappa shape index (κ2) is 7.10. The lowest BCUT2D eigenvalue weighted by Crippen LogP contribution is -2.25. The van der Waals surface area contributed by atoms with E-state index in [4.69, 9.17) is 16.7 Å². The summed E-state index contributed by atoms with van der Waals surface area (Å²) in [5.41, 5.74) is 1.09. The van der Waals surface area contributed by atoms with Gasteiger partial charge in [-0.25, -0.2) is 4.68 Å². The Morgan fingerprint density at radius 3 is 2.67 bits per heavy atom. The average molecular weight is 310 g/mol. The van der Waals surface area contributed by atoms with Crippen LogP contribution in [0.1, 0.15) is 5.56 Å². The minimum Gasteiger partial charge on any atom is -0.508 e. The van der Waals surface area contributed by atoms with Gasteiger partial charge >= 0.3 is 0 Å². The third kappa shape index (κ3) is 3.96. The van der Waals surface area contributed by atoms with Crippen molar-refractivity contribution in [2.45, 2.75) is 13.0 Å². The van der Waals surface area contributed by atoms with Crippen molar-refractivity contribution < 1.29 is 10.2 Å². The molecule has 1 aromatic carbocycles. The highest BCUT2D eigenvalue weighted by Crippen LogP contribution is 2.15. The second-order valence-electron chi connectivity index (χ2n) is 4.47. The van der Waals surface area contributed by atoms with Gasteiger partial charge in [0.15, 0.2) is 0 Å². The Morgan fingerprint density at radius 2 is 2.00 bits per heavy atom. The van der Waals surface area contributed by atoms with Crippen molar-refractivity contribution in [2.24, 2.45) is 0 Å². The van der Waals surface area contributed by atoms with Gasteiger partial charge in [0, 0.05) is 6.54 Å². The first kappa shape index (κ1) is 15.3. The van der Waals surface area contributed by atoms with E-state index in [2.05, 4.69) is 10.4 Å². The Balaban J connectivity index is 1.99. The van der Waals surface area contributed by atoms with E-state index >= 15 is 0 Å². The molecular weight excluding hydrogens is 294 g/mol. The van der Waals surface area contributed by atoms with E-state index in [1.54, 1.807) is 12.1 Å². The maximum absolute atomic E-state index is 11.8. The van der Waals surface area contributed by atoms with Crippen LogP contribution < -0.4 is 10.9 Å². The number of anilines is 1. The fourth-order valence-electron chi connectivity index (χ4n) is 1.85. The molecule has 0 saturated heterocycles. The van der Waals surface area contributed by atoms with Gasteiger partial charge in [-0.15, -0.1) is 0 Å². The molecule has 0 amide bonds. The molecule has 1 aromatic heterocycles. The minimum atomic E-state index is -0.430. The van der Waals surface area contributed by atoms with Crippen LogP contribution in [0.5, 0.6) is 5.75 Å². The maximum Gasteiger partial charge on any atom is 0.287 e. The summed E-state index contributed by atoms with van der Waals surface area (Å²) in [7, 11) is 0. The third-order valence-electron chi connectivity index (χ3n) is 2.96. The van der Waals surface area contributed by atoms with Crippen LogP contribution >= 0.6 is 11.6 Å². The highest BCUT2D eigenvalue weighted by Gasteiger charge is 2.08. The number of nitrogens with zero attached hydrogens (tertiary/aromatic N) is 2. The number of hydrogen-bond donors (Lipinski definition) is 3. The summed E-state index contributed by atoms with van der Waals surface area (Å²) < 4.78 is 1.12. The first-order chi connectivity index (χ1) is 10.1. The molecule has 112 valence electrons. The molecule has 0 aliphatic rings. The highest BCUT2D eigenvalue weighted by molar-refractivity contribution is 6.32. The molecule has 0 bridgehead atoms. The first-order valence-corrected chi connectivity index (χ1v) is 6.88. The molecule has 2 rings (SSSR count). The number of aromatic hydroxyl groups is 1. The van der Waals surface area contributed by atoms with Crippen LogP contribution in [-0.2, 0) is 13.0 Å². The van der Waals surface area contributed by atoms with Gasteiger partial charge in [0.05, 0.1) is 25.0 Å². The Kier molecular flexibility index (Phi) is 5.19. The van der Waals surface area contributed by atoms with Crippen LogP contribution in [-0.4, -0.2) is 33.1 Å². The number of halogens is 1. The zero-order valence-electron chi connectivity index (χ0n) is 11.3. The van der Waals surface area contributed by atoms with Crippen molar-refractivity contribution in [1.82, 2.24) is 9.78 Å². The third-order valence-corrected chi connectivity index (χ3v) is 3.33. The van der Waals surface area contributed by atoms with Crippen LogP contribution in [0.2, 0.25) is 5.02 Å². The monoisotopic (exact) mass is 309 g/mol. The molecule has 0 radical (unpaired) electrons. The molecule has 0 aliphatic carbocycles. The standard InChI is InChI=1S/C14H16ClN3O3/c15-13-12(9-17-18(7-8-19)14(13)21)16-6-5-10-1-3-11(20)4-2-10/h1-4,9,16,19-20H,5-8H2. The summed E-state index contributed by atoms with van der Waals surface area (Å²) in [6.07, 6.45) is 2.19. The number of aliphatic hydroxyl groups is 1. The Bertz CT molecular complexity index is 656. The molecule has 7 heteroatoms. The number of nitrogens with one attached hydrogen (secondary N) is 1. The molecule has 21 heavy (non-hydrogen) atoms. The quantitative estimate of drug-likeness (QED) is 0.747. The van der Waals surface area contributed by atoms with Gasteiger partial charge in [-0.3, -0.25) is 4.79 Å². The lowest BCUT2D eigenvalue weighted by Gasteiger charge is -2.09. The summed E-state index contributed by atoms with van der Waals surface area (Å²) in [6.45, 7) is 0.527. The summed E-state index contributed by atoms with van der Waals surface area (Å²) in [5.74, 6) is 0.228. The zero-order valence-corrected chi connectivity index (χ0v) is 12.0. The predicted octanol–water partition coefficient (Wildman–Crippen LogP) is 1.25. The number of aromatic nitrogens is 2. The number of hydrogen-bond acceptors (Lipinski definition) is 5. The van der Waals surface area contributed by atoms with Crippen molar-refractivity contribution in [3.63, 3.8) is 0 Å². The van der Waals surface area contributed by atoms with Crippen molar-refractivity contribution in [3.8, 4) is 5.75 Å². The van der Waals surface area contributed by atoms with Crippen LogP contribution in [0, 0.1) is 0 Å². The molecule has 0 aliphatic heterocycles. The second-order valence-corrected chi connectivity index (χ2v) is 4.85. The van der Waals surface area contributed by atoms with Gasteiger partial charge < -0.3 is 15.5 Å². The van der Waals surface area contributed by atoms with Gasteiger partial charge in [-0.05, 0) is 24.1 Å². The molecule has 0 unspecified atom stereocenters. The van der Waals surface area contributed by atoms with Crippen LogP contribution in [0.25, 0.3) is 0 Å². The highest BCUT2D eigenvalue weighted by atomic mass is 35.5. The van der Waals surface area contributed by atoms with Crippen LogP contribution in [0.3, 0.4) is 0 Å². The average Bonchev–Trinajstić information content (AvgIpc) is 2.48. The van der Waals surface area contributed by atoms with Gasteiger partial charge in [-0.1, -0.05) is 23.7 Å². The van der Waals surface area contributed by atoms with E-state index in [1.165, 1.54) is 6.20 Å². The molecule has 0 saturated carbocycles. The molecule has 0 spiro atoms. The first-order valence-electron chi connectivity index (χ1n) is 6.50. The van der Waals surface area contributed by atoms with Gasteiger partial charge in [-0.2, -0.15) is 5.10 Å². The van der Waals surface area contributed by atoms with Crippen LogP contribution in [0.4, 0.5) is 5.69 Å². The smallest absolute Gasteiger partial charge is 0.287 e. The molecule has 1 heterocycles. The molecule has 6 nitrogen and oxygen atoms in total.